The third-order valence-corrected chi connectivity index (χ3v) is 4.83. The van der Waals surface area contributed by atoms with Gasteiger partial charge in [0.2, 0.25) is 0 Å². The third-order valence-electron chi connectivity index (χ3n) is 4.83. The predicted octanol–water partition coefficient (Wildman–Crippen LogP) is 2.10. The number of amides is 2. The second-order valence-electron chi connectivity index (χ2n) is 7.19. The Morgan fingerprint density at radius 2 is 1.97 bits per heavy atom. The number of rotatable bonds is 8. The molecule has 164 valence electrons. The number of amidine groups is 1. The number of anilines is 2. The molecule has 4 N–H and O–H groups in total. The molecule has 1 aliphatic rings. The van der Waals surface area contributed by atoms with Crippen molar-refractivity contribution in [2.24, 2.45) is 10.9 Å². The van der Waals surface area contributed by atoms with E-state index in [0.717, 1.165) is 18.9 Å². The fourth-order valence-electron chi connectivity index (χ4n) is 3.26. The minimum atomic E-state index is -0.414. The smallest absolute Gasteiger partial charge is 0.265 e. The van der Waals surface area contributed by atoms with Crippen LogP contribution in [0.1, 0.15) is 42.1 Å². The first-order valence-electron chi connectivity index (χ1n) is 10.4. The van der Waals surface area contributed by atoms with E-state index in [1.165, 1.54) is 19.3 Å². The van der Waals surface area contributed by atoms with Gasteiger partial charge in [-0.25, -0.2) is 4.98 Å². The lowest BCUT2D eigenvalue weighted by atomic mass is 10.1. The average Bonchev–Trinajstić information content (AvgIpc) is 2.80. The minimum absolute atomic E-state index is 0.142. The van der Waals surface area contributed by atoms with E-state index in [2.05, 4.69) is 25.7 Å². The molecule has 1 fully saturated rings. The van der Waals surface area contributed by atoms with E-state index in [9.17, 15) is 9.59 Å². The highest BCUT2D eigenvalue weighted by atomic mass is 16.6. The van der Waals surface area contributed by atoms with Crippen LogP contribution in [0.3, 0.4) is 0 Å². The molecule has 0 aliphatic carbocycles. The zero-order chi connectivity index (χ0) is 22.1. The Bertz CT molecular complexity index is 923. The molecule has 0 radical (unpaired) electrons. The normalized spacial score (nSPS) is 14.1. The monoisotopic (exact) mass is 424 g/mol. The van der Waals surface area contributed by atoms with Crippen LogP contribution in [-0.2, 0) is 9.63 Å². The number of nitrogens with two attached hydrogens (primary N) is 1. The van der Waals surface area contributed by atoms with Crippen LogP contribution in [-0.4, -0.2) is 48.9 Å². The molecule has 0 unspecified atom stereocenters. The number of benzene rings is 1. The van der Waals surface area contributed by atoms with Gasteiger partial charge in [0.1, 0.15) is 5.82 Å². The molecule has 0 saturated carbocycles. The van der Waals surface area contributed by atoms with Crippen molar-refractivity contribution in [3.8, 4) is 0 Å². The van der Waals surface area contributed by atoms with Gasteiger partial charge in [0.15, 0.2) is 12.4 Å². The van der Waals surface area contributed by atoms with Gasteiger partial charge >= 0.3 is 0 Å². The van der Waals surface area contributed by atoms with Crippen molar-refractivity contribution < 1.29 is 14.4 Å². The summed E-state index contributed by atoms with van der Waals surface area (Å²) in [5, 5.41) is 9.18. The Kier molecular flexibility index (Phi) is 7.80. The van der Waals surface area contributed by atoms with Crippen LogP contribution in [0.4, 0.5) is 11.5 Å². The maximum atomic E-state index is 12.1. The topological polar surface area (TPSA) is 122 Å². The molecular weight excluding hydrogens is 396 g/mol. The van der Waals surface area contributed by atoms with Crippen molar-refractivity contribution in [1.82, 2.24) is 10.3 Å². The van der Waals surface area contributed by atoms with Crippen LogP contribution in [0.25, 0.3) is 0 Å². The standard InChI is InChI=1S/C22H28N6O3/c1-2-24-22(30)16-7-6-8-18(13-16)26-20(29)15-31-27-21(23)17-9-10-19(25-14-17)28-11-4-3-5-12-28/h6-10,13-14H,2-5,11-12,15H2,1H3,(H2,23,27)(H,24,30)(H,26,29). The highest BCUT2D eigenvalue weighted by Crippen LogP contribution is 2.17. The fourth-order valence-corrected chi connectivity index (χ4v) is 3.26. The summed E-state index contributed by atoms with van der Waals surface area (Å²) in [5.74, 6) is 0.449. The number of aromatic nitrogens is 1. The van der Waals surface area contributed by atoms with Crippen LogP contribution in [0.2, 0.25) is 0 Å². The first-order chi connectivity index (χ1) is 15.1. The zero-order valence-electron chi connectivity index (χ0n) is 17.6. The van der Waals surface area contributed by atoms with Gasteiger partial charge in [-0.2, -0.15) is 0 Å². The van der Waals surface area contributed by atoms with Crippen LogP contribution < -0.4 is 21.3 Å². The molecule has 0 spiro atoms. The number of oxime groups is 1. The van der Waals surface area contributed by atoms with Crippen molar-refractivity contribution in [2.75, 3.05) is 36.5 Å². The summed E-state index contributed by atoms with van der Waals surface area (Å²) in [7, 11) is 0. The summed E-state index contributed by atoms with van der Waals surface area (Å²) < 4.78 is 0. The van der Waals surface area contributed by atoms with Crippen LogP contribution in [0.5, 0.6) is 0 Å². The Hall–Kier alpha value is -3.62. The number of carbonyl (C=O) groups excluding carboxylic acids is 2. The molecule has 31 heavy (non-hydrogen) atoms. The lowest BCUT2D eigenvalue weighted by molar-refractivity contribution is -0.120. The van der Waals surface area contributed by atoms with E-state index in [0.29, 0.717) is 23.4 Å². The molecule has 9 heteroatoms. The van der Waals surface area contributed by atoms with E-state index >= 15 is 0 Å². The van der Waals surface area contributed by atoms with E-state index in [-0.39, 0.29) is 18.3 Å². The Balaban J connectivity index is 1.50. The zero-order valence-corrected chi connectivity index (χ0v) is 17.6. The number of carbonyl (C=O) groups is 2. The van der Waals surface area contributed by atoms with Crippen molar-refractivity contribution in [3.05, 3.63) is 53.7 Å². The summed E-state index contributed by atoms with van der Waals surface area (Å²) in [6.07, 6.45) is 5.27. The molecule has 1 saturated heterocycles. The maximum Gasteiger partial charge on any atom is 0.265 e. The largest absolute Gasteiger partial charge is 0.384 e. The summed E-state index contributed by atoms with van der Waals surface area (Å²) in [4.78, 5) is 35.8. The SMILES string of the molecule is CCNC(=O)c1cccc(NC(=O)CO/N=C(/N)c2ccc(N3CCCCC3)nc2)c1. The molecule has 3 rings (SSSR count). The summed E-state index contributed by atoms with van der Waals surface area (Å²) in [6, 6.07) is 10.4. The second kappa shape index (κ2) is 11.0. The van der Waals surface area contributed by atoms with Crippen LogP contribution in [0.15, 0.2) is 47.8 Å². The van der Waals surface area contributed by atoms with E-state index in [4.69, 9.17) is 10.6 Å². The third kappa shape index (κ3) is 6.43. The molecule has 1 aliphatic heterocycles. The molecule has 1 aromatic carbocycles. The molecular formula is C22H28N6O3. The molecule has 9 nitrogen and oxygen atoms in total. The molecule has 1 aromatic heterocycles. The highest BCUT2D eigenvalue weighted by molar-refractivity contribution is 5.98. The lowest BCUT2D eigenvalue weighted by Crippen LogP contribution is -2.30. The van der Waals surface area contributed by atoms with Gasteiger partial charge in [-0.1, -0.05) is 11.2 Å². The van der Waals surface area contributed by atoms with E-state index in [1.807, 2.05) is 19.1 Å². The van der Waals surface area contributed by atoms with Crippen molar-refractivity contribution in [3.63, 3.8) is 0 Å². The van der Waals surface area contributed by atoms with Gasteiger partial charge < -0.3 is 26.1 Å². The summed E-state index contributed by atoms with van der Waals surface area (Å²) in [5.41, 5.74) is 7.51. The Morgan fingerprint density at radius 1 is 1.16 bits per heavy atom. The first-order valence-corrected chi connectivity index (χ1v) is 10.4. The number of hydrogen-bond donors (Lipinski definition) is 3. The Labute approximate surface area is 181 Å². The summed E-state index contributed by atoms with van der Waals surface area (Å²) in [6.45, 7) is 4.08. The number of hydrogen-bond acceptors (Lipinski definition) is 6. The minimum Gasteiger partial charge on any atom is -0.384 e. The van der Waals surface area contributed by atoms with Gasteiger partial charge in [-0.05, 0) is 56.5 Å². The number of piperidine rings is 1. The number of nitrogens with one attached hydrogen (secondary N) is 2. The highest BCUT2D eigenvalue weighted by Gasteiger charge is 2.12. The Morgan fingerprint density at radius 3 is 2.68 bits per heavy atom. The van der Waals surface area contributed by atoms with Crippen molar-refractivity contribution in [2.45, 2.75) is 26.2 Å². The van der Waals surface area contributed by atoms with E-state index < -0.39 is 5.91 Å². The van der Waals surface area contributed by atoms with Crippen LogP contribution in [0, 0.1) is 0 Å². The molecule has 0 bridgehead atoms. The number of nitrogens with zero attached hydrogens (tertiary/aromatic N) is 3. The maximum absolute atomic E-state index is 12.1. The summed E-state index contributed by atoms with van der Waals surface area (Å²) >= 11 is 0. The van der Waals surface area contributed by atoms with Gasteiger partial charge in [0.05, 0.1) is 0 Å². The lowest BCUT2D eigenvalue weighted by Gasteiger charge is -2.27. The van der Waals surface area contributed by atoms with Gasteiger partial charge in [-0.15, -0.1) is 0 Å². The average molecular weight is 425 g/mol. The molecule has 2 aromatic rings. The molecule has 0 atom stereocenters. The van der Waals surface area contributed by atoms with Gasteiger partial charge in [0.25, 0.3) is 11.8 Å². The van der Waals surface area contributed by atoms with Gasteiger partial charge in [-0.3, -0.25) is 9.59 Å². The predicted molar refractivity (Wildman–Crippen MR) is 120 cm³/mol. The van der Waals surface area contributed by atoms with Gasteiger partial charge in [0, 0.05) is 42.6 Å². The fraction of sp³-hybridized carbons (Fsp3) is 0.364. The first kappa shape index (κ1) is 22.1. The molecule has 2 amide bonds. The quantitative estimate of drug-likeness (QED) is 0.339. The van der Waals surface area contributed by atoms with Crippen molar-refractivity contribution >= 4 is 29.2 Å². The second-order valence-corrected chi connectivity index (χ2v) is 7.19. The van der Waals surface area contributed by atoms with Crippen molar-refractivity contribution in [1.29, 1.82) is 0 Å². The van der Waals surface area contributed by atoms with E-state index in [1.54, 1.807) is 30.5 Å². The number of pyridine rings is 1. The van der Waals surface area contributed by atoms with Crippen LogP contribution >= 0.6 is 0 Å². The molecule has 2 heterocycles.